The fourth-order valence-corrected chi connectivity index (χ4v) is 2.31. The topological polar surface area (TPSA) is 64.4 Å². The summed E-state index contributed by atoms with van der Waals surface area (Å²) in [5.41, 5.74) is 1.71. The number of aryl methyl sites for hydroxylation is 1. The van der Waals surface area contributed by atoms with Crippen molar-refractivity contribution in [2.75, 3.05) is 24.5 Å². The van der Waals surface area contributed by atoms with Gasteiger partial charge >= 0.3 is 0 Å². The van der Waals surface area contributed by atoms with Crippen molar-refractivity contribution in [3.05, 3.63) is 28.8 Å². The zero-order valence-electron chi connectivity index (χ0n) is 10.4. The van der Waals surface area contributed by atoms with Crippen LogP contribution in [0.1, 0.15) is 5.56 Å². The van der Waals surface area contributed by atoms with E-state index < -0.39 is 0 Å². The molecule has 1 saturated heterocycles. The van der Waals surface area contributed by atoms with Gasteiger partial charge in [-0.2, -0.15) is 5.26 Å². The fourth-order valence-electron chi connectivity index (χ4n) is 2.08. The lowest BCUT2D eigenvalue weighted by Gasteiger charge is -2.33. The van der Waals surface area contributed by atoms with Crippen molar-refractivity contribution in [2.45, 2.75) is 6.92 Å². The summed E-state index contributed by atoms with van der Waals surface area (Å²) in [6.07, 6.45) is 0. The zero-order chi connectivity index (χ0) is 14.0. The number of piperazine rings is 1. The SMILES string of the molecule is Cc1cc(Cl)ccc1N1CC(=O)N(CC#N)C(=O)C1. The first-order chi connectivity index (χ1) is 9.02. The van der Waals surface area contributed by atoms with E-state index in [4.69, 9.17) is 16.9 Å². The van der Waals surface area contributed by atoms with Gasteiger partial charge in [0.2, 0.25) is 11.8 Å². The number of hydrogen-bond donors (Lipinski definition) is 0. The average Bonchev–Trinajstić information content (AvgIpc) is 2.33. The molecule has 1 aliphatic heterocycles. The summed E-state index contributed by atoms with van der Waals surface area (Å²) in [7, 11) is 0. The summed E-state index contributed by atoms with van der Waals surface area (Å²) in [6, 6.07) is 7.12. The molecule has 98 valence electrons. The van der Waals surface area contributed by atoms with Crippen LogP contribution in [-0.2, 0) is 9.59 Å². The Balaban J connectivity index is 2.23. The van der Waals surface area contributed by atoms with E-state index >= 15 is 0 Å². The third-order valence-electron chi connectivity index (χ3n) is 2.98. The Bertz CT molecular complexity index is 562. The molecule has 0 N–H and O–H groups in total. The van der Waals surface area contributed by atoms with Gasteiger partial charge in [-0.1, -0.05) is 11.6 Å². The van der Waals surface area contributed by atoms with Gasteiger partial charge in [-0.05, 0) is 30.7 Å². The number of rotatable bonds is 2. The largest absolute Gasteiger partial charge is 0.353 e. The van der Waals surface area contributed by atoms with Crippen molar-refractivity contribution in [3.63, 3.8) is 0 Å². The van der Waals surface area contributed by atoms with Gasteiger partial charge in [0.25, 0.3) is 0 Å². The van der Waals surface area contributed by atoms with E-state index in [0.29, 0.717) is 5.02 Å². The molecule has 2 rings (SSSR count). The Hall–Kier alpha value is -2.06. The molecular formula is C13H12ClN3O2. The number of carbonyl (C=O) groups excluding carboxylic acids is 2. The van der Waals surface area contributed by atoms with Gasteiger partial charge in [0.1, 0.15) is 6.54 Å². The van der Waals surface area contributed by atoms with Crippen molar-refractivity contribution >= 4 is 29.1 Å². The van der Waals surface area contributed by atoms with Crippen LogP contribution in [-0.4, -0.2) is 36.3 Å². The number of nitriles is 1. The molecule has 0 radical (unpaired) electrons. The molecule has 2 amide bonds. The quantitative estimate of drug-likeness (QED) is 0.605. The van der Waals surface area contributed by atoms with Gasteiger partial charge in [-0.25, -0.2) is 0 Å². The first-order valence-electron chi connectivity index (χ1n) is 5.74. The number of hydrogen-bond acceptors (Lipinski definition) is 4. The predicted molar refractivity (Wildman–Crippen MR) is 70.7 cm³/mol. The second-order valence-corrected chi connectivity index (χ2v) is 4.76. The molecule has 0 aromatic heterocycles. The minimum Gasteiger partial charge on any atom is -0.353 e. The van der Waals surface area contributed by atoms with Crippen LogP contribution in [0.4, 0.5) is 5.69 Å². The number of benzene rings is 1. The first kappa shape index (κ1) is 13.4. The number of anilines is 1. The van der Waals surface area contributed by atoms with Gasteiger partial charge in [0, 0.05) is 10.7 Å². The molecule has 1 aromatic rings. The van der Waals surface area contributed by atoms with Crippen LogP contribution in [0, 0.1) is 18.3 Å². The molecule has 1 aliphatic rings. The van der Waals surface area contributed by atoms with Crippen molar-refractivity contribution in [1.29, 1.82) is 5.26 Å². The predicted octanol–water partition coefficient (Wildman–Crippen LogP) is 1.35. The highest BCUT2D eigenvalue weighted by Gasteiger charge is 2.31. The molecule has 19 heavy (non-hydrogen) atoms. The molecule has 1 fully saturated rings. The second kappa shape index (κ2) is 5.29. The lowest BCUT2D eigenvalue weighted by molar-refractivity contribution is -0.144. The van der Waals surface area contributed by atoms with Gasteiger partial charge in [-0.15, -0.1) is 0 Å². The van der Waals surface area contributed by atoms with Crippen LogP contribution in [0.5, 0.6) is 0 Å². The lowest BCUT2D eigenvalue weighted by atomic mass is 10.1. The van der Waals surface area contributed by atoms with Crippen molar-refractivity contribution in [2.24, 2.45) is 0 Å². The maximum atomic E-state index is 11.8. The fraction of sp³-hybridized carbons (Fsp3) is 0.308. The Morgan fingerprint density at radius 1 is 1.32 bits per heavy atom. The third kappa shape index (κ3) is 2.69. The van der Waals surface area contributed by atoms with Crippen LogP contribution >= 0.6 is 11.6 Å². The Labute approximate surface area is 116 Å². The van der Waals surface area contributed by atoms with Crippen LogP contribution in [0.2, 0.25) is 5.02 Å². The number of nitrogens with zero attached hydrogens (tertiary/aromatic N) is 3. The van der Waals surface area contributed by atoms with Gasteiger partial charge in [0.05, 0.1) is 19.2 Å². The monoisotopic (exact) mass is 277 g/mol. The molecule has 0 saturated carbocycles. The minimum absolute atomic E-state index is 0.0931. The minimum atomic E-state index is -0.354. The second-order valence-electron chi connectivity index (χ2n) is 4.32. The first-order valence-corrected chi connectivity index (χ1v) is 6.12. The third-order valence-corrected chi connectivity index (χ3v) is 3.22. The molecule has 6 heteroatoms. The summed E-state index contributed by atoms with van der Waals surface area (Å²) >= 11 is 5.88. The summed E-state index contributed by atoms with van der Waals surface area (Å²) < 4.78 is 0. The molecular weight excluding hydrogens is 266 g/mol. The maximum absolute atomic E-state index is 11.8. The van der Waals surface area contributed by atoms with Gasteiger partial charge < -0.3 is 4.90 Å². The summed E-state index contributed by atoms with van der Waals surface area (Å²) in [5.74, 6) is -0.709. The van der Waals surface area contributed by atoms with E-state index in [1.807, 2.05) is 13.0 Å². The summed E-state index contributed by atoms with van der Waals surface area (Å²) in [5, 5.41) is 9.20. The number of carbonyl (C=O) groups is 2. The average molecular weight is 278 g/mol. The highest BCUT2D eigenvalue weighted by Crippen LogP contribution is 2.25. The molecule has 0 bridgehead atoms. The number of amides is 2. The van der Waals surface area contributed by atoms with Crippen molar-refractivity contribution in [3.8, 4) is 6.07 Å². The number of imide groups is 1. The van der Waals surface area contributed by atoms with Crippen molar-refractivity contribution in [1.82, 2.24) is 4.90 Å². The molecule has 5 nitrogen and oxygen atoms in total. The standard InChI is InChI=1S/C13H12ClN3O2/c1-9-6-10(14)2-3-11(9)16-7-12(18)17(5-4-15)13(19)8-16/h2-3,6H,5,7-8H2,1H3. The van der Waals surface area contributed by atoms with Crippen LogP contribution in [0.15, 0.2) is 18.2 Å². The highest BCUT2D eigenvalue weighted by molar-refractivity contribution is 6.30. The molecule has 0 unspecified atom stereocenters. The zero-order valence-corrected chi connectivity index (χ0v) is 11.1. The van der Waals surface area contributed by atoms with Crippen LogP contribution < -0.4 is 4.90 Å². The normalized spacial score (nSPS) is 15.6. The molecule has 0 spiro atoms. The highest BCUT2D eigenvalue weighted by atomic mass is 35.5. The van der Waals surface area contributed by atoms with Crippen LogP contribution in [0.25, 0.3) is 0 Å². The van der Waals surface area contributed by atoms with E-state index in [-0.39, 0.29) is 31.4 Å². The molecule has 0 atom stereocenters. The van der Waals surface area contributed by atoms with Crippen LogP contribution in [0.3, 0.4) is 0 Å². The Morgan fingerprint density at radius 3 is 2.47 bits per heavy atom. The summed E-state index contributed by atoms with van der Waals surface area (Å²) in [6.45, 7) is 1.87. The van der Waals surface area contributed by atoms with E-state index in [0.717, 1.165) is 16.2 Å². The van der Waals surface area contributed by atoms with Gasteiger partial charge in [0.15, 0.2) is 0 Å². The molecule has 1 heterocycles. The van der Waals surface area contributed by atoms with E-state index in [1.165, 1.54) is 0 Å². The summed E-state index contributed by atoms with van der Waals surface area (Å²) in [4.78, 5) is 26.4. The molecule has 1 aromatic carbocycles. The molecule has 0 aliphatic carbocycles. The number of halogens is 1. The van der Waals surface area contributed by atoms with E-state index in [1.54, 1.807) is 23.1 Å². The Morgan fingerprint density at radius 2 is 1.95 bits per heavy atom. The van der Waals surface area contributed by atoms with E-state index in [2.05, 4.69) is 0 Å². The smallest absolute Gasteiger partial charge is 0.249 e. The van der Waals surface area contributed by atoms with E-state index in [9.17, 15) is 9.59 Å². The maximum Gasteiger partial charge on any atom is 0.249 e. The van der Waals surface area contributed by atoms with Gasteiger partial charge in [-0.3, -0.25) is 14.5 Å². The lowest BCUT2D eigenvalue weighted by Crippen LogP contribution is -2.54. The van der Waals surface area contributed by atoms with Crippen molar-refractivity contribution < 1.29 is 9.59 Å². The Kier molecular flexibility index (Phi) is 3.72.